The minimum atomic E-state index is -3.76. The third kappa shape index (κ3) is 3.03. The van der Waals surface area contributed by atoms with Gasteiger partial charge in [0.1, 0.15) is 10.7 Å². The Balaban J connectivity index is 0.00000162. The van der Waals surface area contributed by atoms with Gasteiger partial charge in [0.15, 0.2) is 0 Å². The zero-order valence-electron chi connectivity index (χ0n) is 9.34. The highest BCUT2D eigenvalue weighted by Gasteiger charge is 2.32. The zero-order chi connectivity index (χ0) is 12.6. The first-order chi connectivity index (χ1) is 7.91. The lowest BCUT2D eigenvalue weighted by Crippen LogP contribution is -2.32. The minimum absolute atomic E-state index is 0. The Morgan fingerprint density at radius 1 is 1.44 bits per heavy atom. The monoisotopic (exact) mass is 358 g/mol. The molecule has 0 unspecified atom stereocenters. The molecule has 0 bridgehead atoms. The lowest BCUT2D eigenvalue weighted by atomic mass is 10.3. The molecule has 1 saturated heterocycles. The molecule has 4 nitrogen and oxygen atoms in total. The molecule has 0 saturated carbocycles. The molecule has 0 amide bonds. The fourth-order valence-corrected chi connectivity index (χ4v) is 3.69. The van der Waals surface area contributed by atoms with Crippen LogP contribution in [0.3, 0.4) is 0 Å². The molecule has 1 aliphatic rings. The van der Waals surface area contributed by atoms with Crippen LogP contribution in [0.25, 0.3) is 0 Å². The van der Waals surface area contributed by atoms with E-state index >= 15 is 0 Å². The van der Waals surface area contributed by atoms with E-state index in [2.05, 4.69) is 15.9 Å². The van der Waals surface area contributed by atoms with Crippen molar-refractivity contribution >= 4 is 38.4 Å². The number of hydrogen-bond donors (Lipinski definition) is 1. The number of rotatable bonds is 2. The average Bonchev–Trinajstić information content (AvgIpc) is 2.64. The van der Waals surface area contributed by atoms with E-state index in [9.17, 15) is 12.8 Å². The van der Waals surface area contributed by atoms with Crippen molar-refractivity contribution in [1.29, 1.82) is 0 Å². The normalized spacial score (nSPS) is 20.7. The predicted molar refractivity (Wildman–Crippen MR) is 72.7 cm³/mol. The molecule has 102 valence electrons. The molecule has 1 atom stereocenters. The van der Waals surface area contributed by atoms with E-state index in [1.54, 1.807) is 0 Å². The van der Waals surface area contributed by atoms with Gasteiger partial charge in [-0.15, -0.1) is 12.4 Å². The molecule has 1 aromatic carbocycles. The Morgan fingerprint density at radius 2 is 2.11 bits per heavy atom. The lowest BCUT2D eigenvalue weighted by molar-refractivity contribution is 0.465. The summed E-state index contributed by atoms with van der Waals surface area (Å²) in [5.74, 6) is -0.750. The molecule has 2 rings (SSSR count). The van der Waals surface area contributed by atoms with Gasteiger partial charge in [-0.05, 0) is 24.6 Å². The molecule has 1 aromatic rings. The van der Waals surface area contributed by atoms with E-state index in [-0.39, 0.29) is 29.9 Å². The third-order valence-corrected chi connectivity index (χ3v) is 5.09. The van der Waals surface area contributed by atoms with E-state index in [1.807, 2.05) is 0 Å². The van der Waals surface area contributed by atoms with Gasteiger partial charge in [-0.1, -0.05) is 15.9 Å². The number of nitrogens with two attached hydrogens (primary N) is 1. The second kappa shape index (κ2) is 5.83. The summed E-state index contributed by atoms with van der Waals surface area (Å²) in [6.45, 7) is 0.594. The summed E-state index contributed by atoms with van der Waals surface area (Å²) < 4.78 is 39.6. The maximum atomic E-state index is 13.6. The SMILES string of the molecule is Cl.N[C@H]1CCN(S(=O)(=O)c2ccc(Br)cc2F)C1. The molecule has 8 heteroatoms. The predicted octanol–water partition coefficient (Wildman–Crippen LogP) is 1.73. The van der Waals surface area contributed by atoms with Crippen LogP contribution < -0.4 is 5.73 Å². The maximum absolute atomic E-state index is 13.6. The van der Waals surface area contributed by atoms with Crippen molar-refractivity contribution < 1.29 is 12.8 Å². The first-order valence-corrected chi connectivity index (χ1v) is 7.35. The molecule has 18 heavy (non-hydrogen) atoms. The summed E-state index contributed by atoms with van der Waals surface area (Å²) in [5.41, 5.74) is 5.65. The largest absolute Gasteiger partial charge is 0.326 e. The first-order valence-electron chi connectivity index (χ1n) is 5.12. The Kier molecular flexibility index (Phi) is 5.13. The Morgan fingerprint density at radius 3 is 2.61 bits per heavy atom. The van der Waals surface area contributed by atoms with Crippen LogP contribution in [0.4, 0.5) is 4.39 Å². The molecule has 1 heterocycles. The highest BCUT2D eigenvalue weighted by molar-refractivity contribution is 9.10. The van der Waals surface area contributed by atoms with Crippen molar-refractivity contribution in [2.45, 2.75) is 17.4 Å². The summed E-state index contributed by atoms with van der Waals surface area (Å²) >= 11 is 3.09. The van der Waals surface area contributed by atoms with Gasteiger partial charge in [-0.3, -0.25) is 0 Å². The van der Waals surface area contributed by atoms with Crippen LogP contribution in [0.2, 0.25) is 0 Å². The molecule has 0 aromatic heterocycles. The van der Waals surface area contributed by atoms with Crippen molar-refractivity contribution in [2.24, 2.45) is 5.73 Å². The van der Waals surface area contributed by atoms with E-state index < -0.39 is 15.8 Å². The average molecular weight is 360 g/mol. The smallest absolute Gasteiger partial charge is 0.246 e. The van der Waals surface area contributed by atoms with Crippen molar-refractivity contribution in [3.8, 4) is 0 Å². The minimum Gasteiger partial charge on any atom is -0.326 e. The molecule has 2 N–H and O–H groups in total. The number of hydrogen-bond acceptors (Lipinski definition) is 3. The summed E-state index contributed by atoms with van der Waals surface area (Å²) in [6.07, 6.45) is 0.609. The molecule has 0 radical (unpaired) electrons. The molecule has 0 aliphatic carbocycles. The van der Waals surface area contributed by atoms with Crippen molar-refractivity contribution in [3.05, 3.63) is 28.5 Å². The van der Waals surface area contributed by atoms with Crippen LogP contribution in [-0.4, -0.2) is 31.9 Å². The molecule has 1 fully saturated rings. The summed E-state index contributed by atoms with van der Waals surface area (Å²) in [4.78, 5) is -0.296. The molecule has 1 aliphatic heterocycles. The molecule has 0 spiro atoms. The number of benzene rings is 1. The maximum Gasteiger partial charge on any atom is 0.246 e. The molecular formula is C10H13BrClFN2O2S. The lowest BCUT2D eigenvalue weighted by Gasteiger charge is -2.16. The summed E-state index contributed by atoms with van der Waals surface area (Å²) in [7, 11) is -3.76. The quantitative estimate of drug-likeness (QED) is 0.875. The van der Waals surface area contributed by atoms with Gasteiger partial charge in [0.05, 0.1) is 0 Å². The standard InChI is InChI=1S/C10H12BrFN2O2S.ClH/c11-7-1-2-10(9(12)5-7)17(15,16)14-4-3-8(13)6-14;/h1-2,5,8H,3-4,6,13H2;1H/t8-;/m0./s1. The van der Waals surface area contributed by atoms with Crippen LogP contribution in [0.1, 0.15) is 6.42 Å². The van der Waals surface area contributed by atoms with E-state index in [1.165, 1.54) is 16.4 Å². The van der Waals surface area contributed by atoms with Crippen molar-refractivity contribution in [2.75, 3.05) is 13.1 Å². The fourth-order valence-electron chi connectivity index (χ4n) is 1.80. The number of halogens is 3. The summed E-state index contributed by atoms with van der Waals surface area (Å²) in [6, 6.07) is 3.75. The second-order valence-electron chi connectivity index (χ2n) is 3.99. The fraction of sp³-hybridized carbons (Fsp3) is 0.400. The van der Waals surface area contributed by atoms with E-state index in [0.717, 1.165) is 6.07 Å². The van der Waals surface area contributed by atoms with Gasteiger partial charge in [-0.25, -0.2) is 12.8 Å². The van der Waals surface area contributed by atoms with Crippen molar-refractivity contribution in [1.82, 2.24) is 4.31 Å². The van der Waals surface area contributed by atoms with Gasteiger partial charge in [-0.2, -0.15) is 4.31 Å². The van der Waals surface area contributed by atoms with Gasteiger partial charge in [0.2, 0.25) is 10.0 Å². The van der Waals surface area contributed by atoms with E-state index in [4.69, 9.17) is 5.73 Å². The highest BCUT2D eigenvalue weighted by atomic mass is 79.9. The third-order valence-electron chi connectivity index (χ3n) is 2.70. The van der Waals surface area contributed by atoms with Gasteiger partial charge in [0.25, 0.3) is 0 Å². The topological polar surface area (TPSA) is 63.4 Å². The van der Waals surface area contributed by atoms with Gasteiger partial charge >= 0.3 is 0 Å². The Hall–Kier alpha value is -0.210. The zero-order valence-corrected chi connectivity index (χ0v) is 12.6. The van der Waals surface area contributed by atoms with Crippen LogP contribution in [0, 0.1) is 5.82 Å². The number of nitrogens with zero attached hydrogens (tertiary/aromatic N) is 1. The highest BCUT2D eigenvalue weighted by Crippen LogP contribution is 2.24. The summed E-state index contributed by atoms with van der Waals surface area (Å²) in [5, 5.41) is 0. The first kappa shape index (κ1) is 15.8. The van der Waals surface area contributed by atoms with Crippen LogP contribution >= 0.6 is 28.3 Å². The van der Waals surface area contributed by atoms with Crippen LogP contribution in [0.5, 0.6) is 0 Å². The van der Waals surface area contributed by atoms with Gasteiger partial charge < -0.3 is 5.73 Å². The van der Waals surface area contributed by atoms with Crippen LogP contribution in [-0.2, 0) is 10.0 Å². The van der Waals surface area contributed by atoms with Gasteiger partial charge in [0, 0.05) is 23.6 Å². The molecular weight excluding hydrogens is 347 g/mol. The second-order valence-corrected chi connectivity index (χ2v) is 6.81. The van der Waals surface area contributed by atoms with Crippen LogP contribution in [0.15, 0.2) is 27.6 Å². The Bertz CT molecular complexity index is 541. The Labute approximate surface area is 120 Å². The van der Waals surface area contributed by atoms with E-state index in [0.29, 0.717) is 17.4 Å². The number of sulfonamides is 1. The van der Waals surface area contributed by atoms with Crippen molar-refractivity contribution in [3.63, 3.8) is 0 Å².